The van der Waals surface area contributed by atoms with E-state index >= 15 is 0 Å². The summed E-state index contributed by atoms with van der Waals surface area (Å²) in [6.07, 6.45) is 4.74. The van der Waals surface area contributed by atoms with Crippen LogP contribution in [0.3, 0.4) is 0 Å². The van der Waals surface area contributed by atoms with Crippen LogP contribution < -0.4 is 10.6 Å². The molecule has 1 atom stereocenters. The molecule has 7 heteroatoms. The monoisotopic (exact) mass is 502 g/mol. The van der Waals surface area contributed by atoms with Crippen molar-refractivity contribution in [3.63, 3.8) is 0 Å². The van der Waals surface area contributed by atoms with Crippen molar-refractivity contribution in [1.82, 2.24) is 15.5 Å². The fraction of sp³-hybridized carbons (Fsp3) is 0.619. The smallest absolute Gasteiger partial charge is 0.243 e. The number of carbonyl (C=O) groups is 1. The second-order valence-corrected chi connectivity index (χ2v) is 7.68. The molecule has 6 nitrogen and oxygen atoms in total. The summed E-state index contributed by atoms with van der Waals surface area (Å²) in [5.74, 6) is 0.673. The first-order valence-corrected chi connectivity index (χ1v) is 9.75. The van der Waals surface area contributed by atoms with Crippen molar-refractivity contribution >= 4 is 35.8 Å². The standard InChI is InChI=1S/C21H34N4O2.HI/c1-17(18-9-6-5-7-10-18)24-20(22-15-19(26)25(2)3)23-16-21(11-8-12-21)13-14-27-4;/h5-7,9-10,17H,8,11-16H2,1-4H3,(H2,22,23,24);1H. The van der Waals surface area contributed by atoms with Crippen LogP contribution in [0.2, 0.25) is 0 Å². The van der Waals surface area contributed by atoms with Crippen molar-refractivity contribution in [1.29, 1.82) is 0 Å². The fourth-order valence-corrected chi connectivity index (χ4v) is 3.25. The minimum Gasteiger partial charge on any atom is -0.385 e. The average molecular weight is 502 g/mol. The summed E-state index contributed by atoms with van der Waals surface area (Å²) in [7, 11) is 5.25. The fourth-order valence-electron chi connectivity index (χ4n) is 3.25. The van der Waals surface area contributed by atoms with Crippen molar-refractivity contribution < 1.29 is 9.53 Å². The van der Waals surface area contributed by atoms with Crippen LogP contribution >= 0.6 is 24.0 Å². The van der Waals surface area contributed by atoms with Crippen molar-refractivity contribution in [2.75, 3.05) is 40.9 Å². The number of methoxy groups -OCH3 is 1. The Morgan fingerprint density at radius 2 is 1.96 bits per heavy atom. The highest BCUT2D eigenvalue weighted by Gasteiger charge is 2.36. The zero-order chi connectivity index (χ0) is 19.7. The van der Waals surface area contributed by atoms with E-state index in [0.717, 1.165) is 19.6 Å². The Labute approximate surface area is 186 Å². The summed E-state index contributed by atoms with van der Waals surface area (Å²) in [5, 5.41) is 6.92. The van der Waals surface area contributed by atoms with Gasteiger partial charge in [0.15, 0.2) is 5.96 Å². The molecule has 0 bridgehead atoms. The number of nitrogens with zero attached hydrogens (tertiary/aromatic N) is 2. The summed E-state index contributed by atoms with van der Waals surface area (Å²) in [5.41, 5.74) is 1.46. The van der Waals surface area contributed by atoms with Gasteiger partial charge in [-0.25, -0.2) is 4.99 Å². The van der Waals surface area contributed by atoms with E-state index in [1.807, 2.05) is 18.2 Å². The van der Waals surface area contributed by atoms with Gasteiger partial charge in [0.05, 0.1) is 6.04 Å². The van der Waals surface area contributed by atoms with Crippen molar-refractivity contribution in [3.8, 4) is 0 Å². The normalized spacial score (nSPS) is 16.4. The number of likely N-dealkylation sites (N-methyl/N-ethyl adjacent to an activating group) is 1. The third-order valence-electron chi connectivity index (χ3n) is 5.41. The second-order valence-electron chi connectivity index (χ2n) is 7.68. The molecule has 28 heavy (non-hydrogen) atoms. The summed E-state index contributed by atoms with van der Waals surface area (Å²) >= 11 is 0. The third-order valence-corrected chi connectivity index (χ3v) is 5.41. The van der Waals surface area contributed by atoms with Gasteiger partial charge in [0.1, 0.15) is 6.54 Å². The van der Waals surface area contributed by atoms with Crippen molar-refractivity contribution in [3.05, 3.63) is 35.9 Å². The number of nitrogens with one attached hydrogen (secondary N) is 2. The number of carbonyl (C=O) groups excluding carboxylic acids is 1. The van der Waals surface area contributed by atoms with Crippen molar-refractivity contribution in [2.24, 2.45) is 10.4 Å². The Kier molecular flexibility index (Phi) is 10.8. The topological polar surface area (TPSA) is 66.0 Å². The molecule has 0 aromatic heterocycles. The van der Waals surface area contributed by atoms with Gasteiger partial charge in [-0.2, -0.15) is 0 Å². The van der Waals surface area contributed by atoms with Gasteiger partial charge in [0, 0.05) is 34.4 Å². The maximum Gasteiger partial charge on any atom is 0.243 e. The van der Waals surface area contributed by atoms with Gasteiger partial charge in [-0.15, -0.1) is 24.0 Å². The lowest BCUT2D eigenvalue weighted by Crippen LogP contribution is -2.47. The Morgan fingerprint density at radius 1 is 1.29 bits per heavy atom. The summed E-state index contributed by atoms with van der Waals surface area (Å²) in [6, 6.07) is 10.3. The molecule has 1 aliphatic carbocycles. The van der Waals surface area contributed by atoms with E-state index in [4.69, 9.17) is 4.74 Å². The van der Waals surface area contributed by atoms with E-state index in [9.17, 15) is 4.79 Å². The maximum absolute atomic E-state index is 12.0. The number of hydrogen-bond donors (Lipinski definition) is 2. The van der Waals surface area contributed by atoms with E-state index in [0.29, 0.717) is 5.96 Å². The lowest BCUT2D eigenvalue weighted by atomic mass is 9.67. The van der Waals surface area contributed by atoms with Gasteiger partial charge >= 0.3 is 0 Å². The summed E-state index contributed by atoms with van der Waals surface area (Å²) < 4.78 is 5.28. The second kappa shape index (κ2) is 12.3. The van der Waals surface area contributed by atoms with E-state index in [-0.39, 0.29) is 47.9 Å². The van der Waals surface area contributed by atoms with Gasteiger partial charge in [0.2, 0.25) is 5.91 Å². The molecular formula is C21H35IN4O2. The number of guanidine groups is 1. The van der Waals surface area contributed by atoms with E-state index in [1.165, 1.54) is 24.8 Å². The Hall–Kier alpha value is -1.35. The van der Waals surface area contributed by atoms with Crippen LogP contribution in [0, 0.1) is 5.41 Å². The maximum atomic E-state index is 12.0. The zero-order valence-electron chi connectivity index (χ0n) is 17.5. The van der Waals surface area contributed by atoms with Crippen LogP contribution in [0.1, 0.15) is 44.2 Å². The van der Waals surface area contributed by atoms with Crippen LogP contribution in [0.4, 0.5) is 0 Å². The quantitative estimate of drug-likeness (QED) is 0.309. The molecule has 0 spiro atoms. The largest absolute Gasteiger partial charge is 0.385 e. The van der Waals surface area contributed by atoms with Gasteiger partial charge in [0.25, 0.3) is 0 Å². The first-order valence-electron chi connectivity index (χ1n) is 9.75. The predicted octanol–water partition coefficient (Wildman–Crippen LogP) is 3.20. The first kappa shape index (κ1) is 24.7. The molecule has 2 rings (SSSR count). The molecular weight excluding hydrogens is 467 g/mol. The molecule has 1 aromatic rings. The van der Waals surface area contributed by atoms with Gasteiger partial charge in [-0.05, 0) is 37.2 Å². The molecule has 0 radical (unpaired) electrons. The first-order chi connectivity index (χ1) is 13.0. The number of halogens is 1. The number of hydrogen-bond acceptors (Lipinski definition) is 3. The Morgan fingerprint density at radius 3 is 2.50 bits per heavy atom. The number of aliphatic imine (C=N–C) groups is 1. The van der Waals surface area contributed by atoms with E-state index in [2.05, 4.69) is 34.7 Å². The molecule has 1 amide bonds. The van der Waals surface area contributed by atoms with Crippen molar-refractivity contribution in [2.45, 2.75) is 38.6 Å². The highest BCUT2D eigenvalue weighted by Crippen LogP contribution is 2.43. The van der Waals surface area contributed by atoms with Crippen LogP contribution in [-0.4, -0.2) is 57.7 Å². The molecule has 0 heterocycles. The molecule has 1 fully saturated rings. The summed E-state index contributed by atoms with van der Waals surface area (Å²) in [6.45, 7) is 3.86. The van der Waals surface area contributed by atoms with Gasteiger partial charge in [-0.1, -0.05) is 36.8 Å². The van der Waals surface area contributed by atoms with Crippen LogP contribution in [0.5, 0.6) is 0 Å². The predicted molar refractivity (Wildman–Crippen MR) is 125 cm³/mol. The molecule has 1 saturated carbocycles. The Balaban J connectivity index is 0.00000392. The van der Waals surface area contributed by atoms with E-state index in [1.54, 1.807) is 26.1 Å². The van der Waals surface area contributed by atoms with E-state index < -0.39 is 0 Å². The highest BCUT2D eigenvalue weighted by atomic mass is 127. The number of benzene rings is 1. The van der Waals surface area contributed by atoms with Gasteiger partial charge < -0.3 is 20.3 Å². The third kappa shape index (κ3) is 7.58. The molecule has 1 aromatic carbocycles. The SMILES string of the molecule is COCCC1(CNC(=NCC(=O)N(C)C)NC(C)c2ccccc2)CCC1.I. The van der Waals surface area contributed by atoms with Crippen LogP contribution in [0.25, 0.3) is 0 Å². The van der Waals surface area contributed by atoms with Crippen LogP contribution in [-0.2, 0) is 9.53 Å². The Bertz CT molecular complexity index is 618. The lowest BCUT2D eigenvalue weighted by Gasteiger charge is -2.42. The highest BCUT2D eigenvalue weighted by molar-refractivity contribution is 14.0. The molecule has 2 N–H and O–H groups in total. The zero-order valence-corrected chi connectivity index (χ0v) is 19.9. The van der Waals surface area contributed by atoms with Crippen LogP contribution in [0.15, 0.2) is 35.3 Å². The minimum absolute atomic E-state index is 0. The molecule has 158 valence electrons. The average Bonchev–Trinajstić information content (AvgIpc) is 2.64. The van der Waals surface area contributed by atoms with Gasteiger partial charge in [-0.3, -0.25) is 4.79 Å². The minimum atomic E-state index is -0.0128. The molecule has 0 aliphatic heterocycles. The lowest BCUT2D eigenvalue weighted by molar-refractivity contribution is -0.127. The number of rotatable bonds is 9. The summed E-state index contributed by atoms with van der Waals surface area (Å²) in [4.78, 5) is 18.0. The molecule has 0 saturated heterocycles. The number of amides is 1. The molecule has 1 aliphatic rings. The number of ether oxygens (including phenoxy) is 1. The molecule has 1 unspecified atom stereocenters.